The molecule has 0 aliphatic carbocycles. The van der Waals surface area contributed by atoms with Gasteiger partial charge in [0.05, 0.1) is 28.9 Å². The number of rotatable bonds is 9. The van der Waals surface area contributed by atoms with E-state index < -0.39 is 10.1 Å². The van der Waals surface area contributed by atoms with E-state index in [0.717, 1.165) is 23.4 Å². The minimum absolute atomic E-state index is 0.0546. The third-order valence-electron chi connectivity index (χ3n) is 6.81. The molecule has 2 N–H and O–H groups in total. The lowest BCUT2D eigenvalue weighted by Gasteiger charge is -2.23. The number of anilines is 1. The van der Waals surface area contributed by atoms with Crippen LogP contribution in [0.15, 0.2) is 115 Å². The third-order valence-corrected chi connectivity index (χ3v) is 7.66. The Bertz CT molecular complexity index is 1670. The molecule has 0 saturated heterocycles. The molecular weight excluding hydrogens is 536 g/mol. The highest BCUT2D eigenvalue weighted by Crippen LogP contribution is 2.35. The summed E-state index contributed by atoms with van der Waals surface area (Å²) in [4.78, 5) is 1.81. The van der Waals surface area contributed by atoms with Crippen LogP contribution in [0.25, 0.3) is 32.9 Å². The number of pyridine rings is 1. The number of fused-ring (bicyclic) bond motifs is 2. The Kier molecular flexibility index (Phi) is 9.86. The van der Waals surface area contributed by atoms with Gasteiger partial charge in [0, 0.05) is 36.5 Å². The van der Waals surface area contributed by atoms with Crippen LogP contribution in [0.4, 0.5) is 5.69 Å². The van der Waals surface area contributed by atoms with E-state index in [2.05, 4.69) is 83.9 Å². The number of allylic oxidation sites excluding steroid dienone is 1. The van der Waals surface area contributed by atoms with Gasteiger partial charge in [-0.3, -0.25) is 0 Å². The molecule has 5 rings (SSSR count). The number of aliphatic hydroxyl groups excluding tert-OH is 2. The largest absolute Gasteiger partial charge is 0.744 e. The molecule has 212 valence electrons. The zero-order valence-electron chi connectivity index (χ0n) is 23.0. The van der Waals surface area contributed by atoms with Gasteiger partial charge >= 0.3 is 0 Å². The number of nitrogens with zero attached hydrogens (tertiary/aromatic N) is 2. The summed E-state index contributed by atoms with van der Waals surface area (Å²) < 4.78 is 33.5. The topological polar surface area (TPSA) is 105 Å². The minimum atomic E-state index is -4.27. The van der Waals surface area contributed by atoms with Crippen molar-refractivity contribution < 1.29 is 27.8 Å². The molecule has 0 unspecified atom stereocenters. The molecule has 0 saturated carbocycles. The average Bonchev–Trinajstić information content (AvgIpc) is 2.97. The molecule has 0 aliphatic rings. The van der Waals surface area contributed by atoms with Crippen LogP contribution in [0, 0.1) is 6.92 Å². The van der Waals surface area contributed by atoms with Crippen molar-refractivity contribution in [2.75, 3.05) is 31.2 Å². The lowest BCUT2D eigenvalue weighted by Crippen LogP contribution is -2.34. The average molecular weight is 571 g/mol. The molecule has 0 aliphatic heterocycles. The minimum Gasteiger partial charge on any atom is -0.744 e. The Labute approximate surface area is 241 Å². The summed E-state index contributed by atoms with van der Waals surface area (Å²) in [5, 5.41) is 21.1. The zero-order valence-corrected chi connectivity index (χ0v) is 23.8. The van der Waals surface area contributed by atoms with Gasteiger partial charge in [0.15, 0.2) is 6.54 Å². The van der Waals surface area contributed by atoms with Crippen LogP contribution in [-0.4, -0.2) is 49.5 Å². The summed E-state index contributed by atoms with van der Waals surface area (Å²) in [7, 11) is -4.27. The van der Waals surface area contributed by atoms with Crippen molar-refractivity contribution in [1.82, 2.24) is 0 Å². The molecular formula is C33H34N2O5S. The van der Waals surface area contributed by atoms with Gasteiger partial charge in [-0.2, -0.15) is 4.57 Å². The van der Waals surface area contributed by atoms with E-state index in [1.54, 1.807) is 12.1 Å². The quantitative estimate of drug-likeness (QED) is 0.114. The first kappa shape index (κ1) is 29.9. The van der Waals surface area contributed by atoms with Crippen LogP contribution in [0.2, 0.25) is 0 Å². The number of aliphatic hydroxyl groups is 2. The summed E-state index contributed by atoms with van der Waals surface area (Å²) in [6, 6.07) is 31.1. The Morgan fingerprint density at radius 2 is 1.32 bits per heavy atom. The van der Waals surface area contributed by atoms with E-state index in [-0.39, 0.29) is 18.1 Å². The van der Waals surface area contributed by atoms with Crippen molar-refractivity contribution in [2.24, 2.45) is 0 Å². The molecule has 4 aromatic carbocycles. The van der Waals surface area contributed by atoms with Gasteiger partial charge in [0.25, 0.3) is 0 Å². The second-order valence-corrected chi connectivity index (χ2v) is 10.9. The molecule has 8 heteroatoms. The summed E-state index contributed by atoms with van der Waals surface area (Å²) >= 11 is 0. The molecule has 1 heterocycles. The summed E-state index contributed by atoms with van der Waals surface area (Å²) in [5.74, 6) is 0. The van der Waals surface area contributed by atoms with Gasteiger partial charge in [0.2, 0.25) is 11.0 Å². The Morgan fingerprint density at radius 1 is 0.805 bits per heavy atom. The van der Waals surface area contributed by atoms with Crippen molar-refractivity contribution in [3.63, 3.8) is 0 Å². The zero-order chi connectivity index (χ0) is 29.4. The van der Waals surface area contributed by atoms with Gasteiger partial charge < -0.3 is 19.7 Å². The van der Waals surface area contributed by atoms with Crippen LogP contribution in [0.5, 0.6) is 0 Å². The van der Waals surface area contributed by atoms with E-state index in [1.807, 2.05) is 17.9 Å². The van der Waals surface area contributed by atoms with Gasteiger partial charge in [-0.15, -0.1) is 0 Å². The van der Waals surface area contributed by atoms with Crippen molar-refractivity contribution in [2.45, 2.75) is 18.4 Å². The number of hydrogen-bond donors (Lipinski definition) is 2. The SMILES string of the molecule is C=CC[n+]1c2ccccc2c(-c2ccc(N(CCO)CCO)cc2)c2ccccc21.Cc1ccc(S(=O)(=O)[O-])cc1. The standard InChI is InChI=1S/C26H27N2O2.C7H8O3S/c1-2-15-28-24-9-5-3-7-22(24)26(23-8-4-6-10-25(23)28)20-11-13-21(14-12-20)27(16-18-29)17-19-30;1-6-2-4-7(5-3-6)11(8,9)10/h2-14,29-30H,1,15-19H2;2-5H,1H3,(H,8,9,10)/q+1;/p-1. The molecule has 41 heavy (non-hydrogen) atoms. The molecule has 5 aromatic rings. The predicted octanol–water partition coefficient (Wildman–Crippen LogP) is 4.82. The fourth-order valence-electron chi connectivity index (χ4n) is 4.91. The number of aryl methyl sites for hydroxylation is 1. The van der Waals surface area contributed by atoms with Gasteiger partial charge in [-0.25, -0.2) is 8.42 Å². The monoisotopic (exact) mass is 570 g/mol. The second-order valence-electron chi connectivity index (χ2n) is 9.56. The van der Waals surface area contributed by atoms with Gasteiger partial charge in [0.1, 0.15) is 10.1 Å². The van der Waals surface area contributed by atoms with E-state index in [0.29, 0.717) is 13.1 Å². The van der Waals surface area contributed by atoms with Gasteiger partial charge in [-0.1, -0.05) is 60.7 Å². The maximum absolute atomic E-state index is 10.4. The van der Waals surface area contributed by atoms with Crippen molar-refractivity contribution in [1.29, 1.82) is 0 Å². The molecule has 0 bridgehead atoms. The highest BCUT2D eigenvalue weighted by atomic mass is 32.2. The van der Waals surface area contributed by atoms with Crippen LogP contribution in [0.1, 0.15) is 5.56 Å². The van der Waals surface area contributed by atoms with E-state index in [1.165, 1.54) is 39.5 Å². The second kappa shape index (κ2) is 13.5. The van der Waals surface area contributed by atoms with Crippen molar-refractivity contribution in [3.8, 4) is 11.1 Å². The Morgan fingerprint density at radius 3 is 1.78 bits per heavy atom. The van der Waals surface area contributed by atoms with E-state index >= 15 is 0 Å². The fraction of sp³-hybridized carbons (Fsp3) is 0.182. The molecule has 0 spiro atoms. The first-order valence-corrected chi connectivity index (χ1v) is 14.7. The predicted molar refractivity (Wildman–Crippen MR) is 163 cm³/mol. The summed E-state index contributed by atoms with van der Waals surface area (Å²) in [6.07, 6.45) is 1.93. The number of aromatic nitrogens is 1. The molecule has 0 amide bonds. The first-order chi connectivity index (χ1) is 19.8. The normalized spacial score (nSPS) is 11.2. The highest BCUT2D eigenvalue weighted by molar-refractivity contribution is 7.85. The lowest BCUT2D eigenvalue weighted by atomic mass is 9.95. The molecule has 0 radical (unpaired) electrons. The van der Waals surface area contributed by atoms with Crippen LogP contribution in [-0.2, 0) is 16.7 Å². The first-order valence-electron chi connectivity index (χ1n) is 13.3. The maximum atomic E-state index is 10.4. The third kappa shape index (κ3) is 6.99. The van der Waals surface area contributed by atoms with Crippen LogP contribution in [0.3, 0.4) is 0 Å². The van der Waals surface area contributed by atoms with Crippen molar-refractivity contribution in [3.05, 3.63) is 115 Å². The fourth-order valence-corrected chi connectivity index (χ4v) is 5.38. The summed E-state index contributed by atoms with van der Waals surface area (Å²) in [6.45, 7) is 7.62. The van der Waals surface area contributed by atoms with E-state index in [9.17, 15) is 23.2 Å². The molecule has 1 aromatic heterocycles. The van der Waals surface area contributed by atoms with Crippen molar-refractivity contribution >= 4 is 37.6 Å². The van der Waals surface area contributed by atoms with Crippen LogP contribution < -0.4 is 9.47 Å². The Hall–Kier alpha value is -4.08. The number of benzene rings is 4. The molecule has 0 fully saturated rings. The van der Waals surface area contributed by atoms with Gasteiger partial charge in [-0.05, 0) is 55.0 Å². The number of hydrogen-bond acceptors (Lipinski definition) is 6. The smallest absolute Gasteiger partial charge is 0.213 e. The maximum Gasteiger partial charge on any atom is 0.213 e. The number of para-hydroxylation sites is 2. The highest BCUT2D eigenvalue weighted by Gasteiger charge is 2.20. The molecule has 7 nitrogen and oxygen atoms in total. The Balaban J connectivity index is 0.000000296. The lowest BCUT2D eigenvalue weighted by molar-refractivity contribution is -0.634. The van der Waals surface area contributed by atoms with E-state index in [4.69, 9.17) is 0 Å². The molecule has 0 atom stereocenters. The van der Waals surface area contributed by atoms with Crippen LogP contribution >= 0.6 is 0 Å². The summed E-state index contributed by atoms with van der Waals surface area (Å²) in [5.41, 5.74) is 6.63.